The Bertz CT molecular complexity index is 1040. The Balaban J connectivity index is 1.75. The molecule has 4 rings (SSSR count). The number of rotatable bonds is 3. The van der Waals surface area contributed by atoms with E-state index in [9.17, 15) is 8.42 Å². The van der Waals surface area contributed by atoms with Crippen molar-refractivity contribution in [3.05, 3.63) is 65.4 Å². The number of benzene rings is 2. The van der Waals surface area contributed by atoms with Crippen molar-refractivity contribution in [2.24, 2.45) is 0 Å². The van der Waals surface area contributed by atoms with Crippen LogP contribution in [0.3, 0.4) is 0 Å². The molecule has 1 aromatic heterocycles. The normalized spacial score (nSPS) is 13.9. The summed E-state index contributed by atoms with van der Waals surface area (Å²) < 4.78 is 30.9. The molecule has 0 N–H and O–H groups in total. The first-order valence-corrected chi connectivity index (χ1v) is 9.35. The topological polar surface area (TPSA) is 56.3 Å². The summed E-state index contributed by atoms with van der Waals surface area (Å²) in [6.07, 6.45) is 4.80. The average Bonchev–Trinajstić information content (AvgIpc) is 3.01. The van der Waals surface area contributed by atoms with E-state index < -0.39 is 10.1 Å². The second-order valence-corrected chi connectivity index (χ2v) is 7.68. The maximum Gasteiger partial charge on any atom is 0.341 e. The molecule has 4 nitrogen and oxygen atoms in total. The van der Waals surface area contributed by atoms with Crippen LogP contribution in [-0.2, 0) is 23.0 Å². The minimum Gasteiger partial charge on any atom is -0.379 e. The third kappa shape index (κ3) is 2.65. The minimum atomic E-state index is -3.93. The summed E-state index contributed by atoms with van der Waals surface area (Å²) in [6, 6.07) is 12.5. The van der Waals surface area contributed by atoms with Crippen LogP contribution in [0.15, 0.2) is 53.6 Å². The van der Waals surface area contributed by atoms with Crippen molar-refractivity contribution in [2.75, 3.05) is 0 Å². The molecule has 0 aliphatic heterocycles. The van der Waals surface area contributed by atoms with Gasteiger partial charge in [0.05, 0.1) is 5.52 Å². The molecule has 0 amide bonds. The highest BCUT2D eigenvalue weighted by atomic mass is 32.2. The van der Waals surface area contributed by atoms with Gasteiger partial charge in [-0.15, -0.1) is 0 Å². The van der Waals surface area contributed by atoms with Crippen LogP contribution in [0.25, 0.3) is 10.9 Å². The number of fused-ring (bicyclic) bond motifs is 2. The van der Waals surface area contributed by atoms with E-state index in [0.717, 1.165) is 30.2 Å². The van der Waals surface area contributed by atoms with Gasteiger partial charge in [-0.05, 0) is 67.1 Å². The van der Waals surface area contributed by atoms with Gasteiger partial charge in [0.1, 0.15) is 10.6 Å². The van der Waals surface area contributed by atoms with Gasteiger partial charge in [0.2, 0.25) is 0 Å². The van der Waals surface area contributed by atoms with Crippen molar-refractivity contribution in [2.45, 2.75) is 31.1 Å². The lowest BCUT2D eigenvalue weighted by Crippen LogP contribution is -2.11. The molecule has 0 unspecified atom stereocenters. The van der Waals surface area contributed by atoms with Gasteiger partial charge in [0, 0.05) is 11.6 Å². The van der Waals surface area contributed by atoms with E-state index in [0.29, 0.717) is 11.3 Å². The zero-order valence-corrected chi connectivity index (χ0v) is 14.1. The first kappa shape index (κ1) is 15.1. The maximum atomic E-state index is 12.7. The monoisotopic (exact) mass is 339 g/mol. The van der Waals surface area contributed by atoms with E-state index in [2.05, 4.69) is 4.98 Å². The Morgan fingerprint density at radius 1 is 1.04 bits per heavy atom. The van der Waals surface area contributed by atoms with Gasteiger partial charge in [0.25, 0.3) is 0 Å². The third-order valence-corrected chi connectivity index (χ3v) is 5.64. The molecular formula is C19H17NO3S. The fourth-order valence-corrected chi connectivity index (χ4v) is 4.32. The van der Waals surface area contributed by atoms with E-state index in [1.807, 2.05) is 31.2 Å². The lowest BCUT2D eigenvalue weighted by atomic mass is 10.1. The molecule has 1 heterocycles. The number of para-hydroxylation sites is 1. The first-order valence-electron chi connectivity index (χ1n) is 7.95. The molecule has 0 spiro atoms. The highest BCUT2D eigenvalue weighted by molar-refractivity contribution is 7.87. The van der Waals surface area contributed by atoms with E-state index in [1.165, 1.54) is 17.2 Å². The predicted octanol–water partition coefficient (Wildman–Crippen LogP) is 3.80. The summed E-state index contributed by atoms with van der Waals surface area (Å²) in [6.45, 7) is 1.93. The largest absolute Gasteiger partial charge is 0.379 e. The molecule has 2 aromatic carbocycles. The van der Waals surface area contributed by atoms with Crippen LogP contribution in [0.1, 0.15) is 23.1 Å². The van der Waals surface area contributed by atoms with Crippen molar-refractivity contribution in [3.8, 4) is 5.75 Å². The molecule has 122 valence electrons. The highest BCUT2D eigenvalue weighted by Crippen LogP contribution is 2.29. The maximum absolute atomic E-state index is 12.7. The first-order chi connectivity index (χ1) is 11.5. The molecule has 1 aliphatic carbocycles. The molecule has 1 aliphatic rings. The molecule has 3 aromatic rings. The second-order valence-electron chi connectivity index (χ2n) is 6.16. The lowest BCUT2D eigenvalue weighted by Gasteiger charge is -2.10. The Labute approximate surface area is 141 Å². The fraction of sp³-hybridized carbons (Fsp3) is 0.211. The highest BCUT2D eigenvalue weighted by Gasteiger charge is 2.22. The zero-order chi connectivity index (χ0) is 16.7. The molecule has 0 saturated heterocycles. The molecule has 5 heteroatoms. The fourth-order valence-electron chi connectivity index (χ4n) is 3.22. The van der Waals surface area contributed by atoms with E-state index in [1.54, 1.807) is 18.3 Å². The summed E-state index contributed by atoms with van der Waals surface area (Å²) in [5.74, 6) is 0.361. The van der Waals surface area contributed by atoms with Crippen LogP contribution in [-0.4, -0.2) is 13.4 Å². The Morgan fingerprint density at radius 2 is 1.88 bits per heavy atom. The Kier molecular flexibility index (Phi) is 3.53. The Hall–Kier alpha value is -2.40. The number of hydrogen-bond donors (Lipinski definition) is 0. The van der Waals surface area contributed by atoms with Gasteiger partial charge < -0.3 is 4.18 Å². The van der Waals surface area contributed by atoms with Gasteiger partial charge in [-0.1, -0.05) is 18.2 Å². The van der Waals surface area contributed by atoms with Crippen LogP contribution < -0.4 is 4.18 Å². The van der Waals surface area contributed by atoms with Crippen molar-refractivity contribution in [1.29, 1.82) is 0 Å². The van der Waals surface area contributed by atoms with Crippen LogP contribution in [0.2, 0.25) is 0 Å². The summed E-state index contributed by atoms with van der Waals surface area (Å²) in [7, 11) is -3.93. The molecular weight excluding hydrogens is 322 g/mol. The molecule has 0 fully saturated rings. The summed E-state index contributed by atoms with van der Waals surface area (Å²) in [5, 5.41) is 0.786. The molecule has 0 atom stereocenters. The lowest BCUT2D eigenvalue weighted by molar-refractivity contribution is 0.486. The predicted molar refractivity (Wildman–Crippen MR) is 92.8 cm³/mol. The third-order valence-electron chi connectivity index (χ3n) is 4.36. The van der Waals surface area contributed by atoms with Gasteiger partial charge >= 0.3 is 10.1 Å². The van der Waals surface area contributed by atoms with E-state index >= 15 is 0 Å². The molecule has 24 heavy (non-hydrogen) atoms. The number of nitrogens with zero attached hydrogens (tertiary/aromatic N) is 1. The number of aromatic nitrogens is 1. The number of hydrogen-bond acceptors (Lipinski definition) is 4. The number of aryl methyl sites for hydroxylation is 3. The summed E-state index contributed by atoms with van der Waals surface area (Å²) in [4.78, 5) is 4.38. The van der Waals surface area contributed by atoms with E-state index in [-0.39, 0.29) is 4.90 Å². The summed E-state index contributed by atoms with van der Waals surface area (Å²) in [5.41, 5.74) is 3.87. The zero-order valence-electron chi connectivity index (χ0n) is 13.3. The molecule has 0 bridgehead atoms. The second kappa shape index (κ2) is 5.60. The van der Waals surface area contributed by atoms with Crippen LogP contribution >= 0.6 is 0 Å². The van der Waals surface area contributed by atoms with Crippen LogP contribution in [0, 0.1) is 6.92 Å². The van der Waals surface area contributed by atoms with Crippen molar-refractivity contribution < 1.29 is 12.6 Å². The van der Waals surface area contributed by atoms with Crippen LogP contribution in [0.5, 0.6) is 5.75 Å². The van der Waals surface area contributed by atoms with Crippen molar-refractivity contribution in [3.63, 3.8) is 0 Å². The summed E-state index contributed by atoms with van der Waals surface area (Å²) >= 11 is 0. The van der Waals surface area contributed by atoms with Crippen LogP contribution in [0.4, 0.5) is 0 Å². The molecule has 0 saturated carbocycles. The quantitative estimate of drug-likeness (QED) is 0.681. The van der Waals surface area contributed by atoms with Crippen molar-refractivity contribution >= 4 is 21.0 Å². The Morgan fingerprint density at radius 3 is 2.75 bits per heavy atom. The standard InChI is InChI=1S/C19H17NO3S/c1-13-10-16-6-3-7-18(19(16)20-12-13)24(21,22)23-17-9-8-14-4-2-5-15(14)11-17/h3,6-12H,2,4-5H2,1H3. The van der Waals surface area contributed by atoms with Crippen molar-refractivity contribution in [1.82, 2.24) is 4.98 Å². The average molecular weight is 339 g/mol. The SMILES string of the molecule is Cc1cnc2c(S(=O)(=O)Oc3ccc4c(c3)CCC4)cccc2c1. The van der Waals surface area contributed by atoms with Gasteiger partial charge in [0.15, 0.2) is 0 Å². The van der Waals surface area contributed by atoms with Gasteiger partial charge in [-0.25, -0.2) is 0 Å². The smallest absolute Gasteiger partial charge is 0.341 e. The van der Waals surface area contributed by atoms with Gasteiger partial charge in [-0.3, -0.25) is 4.98 Å². The molecule has 0 radical (unpaired) electrons. The minimum absolute atomic E-state index is 0.0977. The number of pyridine rings is 1. The van der Waals surface area contributed by atoms with E-state index in [4.69, 9.17) is 4.18 Å². The van der Waals surface area contributed by atoms with Gasteiger partial charge in [-0.2, -0.15) is 8.42 Å².